The van der Waals surface area contributed by atoms with Crippen LogP contribution in [-0.2, 0) is 9.59 Å². The number of carboxylic acids is 1. The van der Waals surface area contributed by atoms with Crippen molar-refractivity contribution in [3.8, 4) is 11.8 Å². The second-order valence-electron chi connectivity index (χ2n) is 2.53. The standard InChI is InChI=1S/C9H13NO3/c1-3-4-5-6-10-8(11)7(2)9(12)13/h7H,5-6H2,1-2H3,(H,10,11)(H,12,13). The van der Waals surface area contributed by atoms with Gasteiger partial charge in [-0.05, 0) is 13.8 Å². The van der Waals surface area contributed by atoms with Crippen molar-refractivity contribution in [3.63, 3.8) is 0 Å². The molecule has 0 bridgehead atoms. The minimum Gasteiger partial charge on any atom is -0.481 e. The molecule has 0 radical (unpaired) electrons. The van der Waals surface area contributed by atoms with Crippen LogP contribution >= 0.6 is 0 Å². The summed E-state index contributed by atoms with van der Waals surface area (Å²) in [5.74, 6) is 2.87. The summed E-state index contributed by atoms with van der Waals surface area (Å²) < 4.78 is 0. The summed E-state index contributed by atoms with van der Waals surface area (Å²) in [5.41, 5.74) is 0. The lowest BCUT2D eigenvalue weighted by Crippen LogP contribution is -2.33. The van der Waals surface area contributed by atoms with E-state index in [4.69, 9.17) is 5.11 Å². The van der Waals surface area contributed by atoms with Crippen molar-refractivity contribution >= 4 is 11.9 Å². The topological polar surface area (TPSA) is 66.4 Å². The number of hydrogen-bond acceptors (Lipinski definition) is 2. The van der Waals surface area contributed by atoms with Crippen LogP contribution in [0.25, 0.3) is 0 Å². The van der Waals surface area contributed by atoms with Gasteiger partial charge in [0.1, 0.15) is 5.92 Å². The van der Waals surface area contributed by atoms with Crippen molar-refractivity contribution in [1.29, 1.82) is 0 Å². The summed E-state index contributed by atoms with van der Waals surface area (Å²) in [6.45, 7) is 3.46. The first kappa shape index (κ1) is 11.5. The van der Waals surface area contributed by atoms with E-state index in [1.165, 1.54) is 6.92 Å². The van der Waals surface area contributed by atoms with E-state index in [0.29, 0.717) is 13.0 Å². The second kappa shape index (κ2) is 6.06. The molecule has 0 aromatic rings. The molecule has 4 nitrogen and oxygen atoms in total. The molecular weight excluding hydrogens is 170 g/mol. The Morgan fingerprint density at radius 2 is 2.15 bits per heavy atom. The molecule has 72 valence electrons. The number of carbonyl (C=O) groups is 2. The molecule has 1 unspecified atom stereocenters. The van der Waals surface area contributed by atoms with E-state index in [-0.39, 0.29) is 0 Å². The summed E-state index contributed by atoms with van der Waals surface area (Å²) in [6.07, 6.45) is 0.550. The third-order valence-electron chi connectivity index (χ3n) is 1.49. The monoisotopic (exact) mass is 183 g/mol. The van der Waals surface area contributed by atoms with E-state index in [1.807, 2.05) is 0 Å². The van der Waals surface area contributed by atoms with Gasteiger partial charge in [-0.3, -0.25) is 9.59 Å². The van der Waals surface area contributed by atoms with Crippen molar-refractivity contribution in [3.05, 3.63) is 0 Å². The fourth-order valence-corrected chi connectivity index (χ4v) is 0.638. The first-order valence-electron chi connectivity index (χ1n) is 3.99. The number of rotatable bonds is 4. The molecule has 1 amide bonds. The van der Waals surface area contributed by atoms with Gasteiger partial charge in [-0.15, -0.1) is 11.8 Å². The molecule has 0 aromatic carbocycles. The SMILES string of the molecule is CC#CCCNC(=O)C(C)C(=O)O. The highest BCUT2D eigenvalue weighted by atomic mass is 16.4. The largest absolute Gasteiger partial charge is 0.481 e. The Bertz CT molecular complexity index is 249. The van der Waals surface area contributed by atoms with Crippen molar-refractivity contribution in [2.24, 2.45) is 5.92 Å². The molecule has 0 fully saturated rings. The van der Waals surface area contributed by atoms with Crippen molar-refractivity contribution in [2.75, 3.05) is 6.54 Å². The molecule has 1 atom stereocenters. The van der Waals surface area contributed by atoms with E-state index in [1.54, 1.807) is 6.92 Å². The summed E-state index contributed by atoms with van der Waals surface area (Å²) in [5, 5.41) is 10.9. The maximum Gasteiger partial charge on any atom is 0.315 e. The van der Waals surface area contributed by atoms with Gasteiger partial charge < -0.3 is 10.4 Å². The van der Waals surface area contributed by atoms with Gasteiger partial charge in [0, 0.05) is 13.0 Å². The van der Waals surface area contributed by atoms with Crippen LogP contribution in [0, 0.1) is 17.8 Å². The zero-order valence-electron chi connectivity index (χ0n) is 7.76. The van der Waals surface area contributed by atoms with Gasteiger partial charge in [0.15, 0.2) is 0 Å². The molecule has 0 spiro atoms. The zero-order valence-corrected chi connectivity index (χ0v) is 7.76. The molecule has 0 aliphatic rings. The van der Waals surface area contributed by atoms with Crippen LogP contribution in [0.3, 0.4) is 0 Å². The Kier molecular flexibility index (Phi) is 5.37. The van der Waals surface area contributed by atoms with Gasteiger partial charge in [-0.25, -0.2) is 0 Å². The summed E-state index contributed by atoms with van der Waals surface area (Å²) in [7, 11) is 0. The number of carbonyl (C=O) groups excluding carboxylic acids is 1. The number of hydrogen-bond donors (Lipinski definition) is 2. The fourth-order valence-electron chi connectivity index (χ4n) is 0.638. The lowest BCUT2D eigenvalue weighted by Gasteiger charge is -2.05. The zero-order chi connectivity index (χ0) is 10.3. The molecule has 0 aromatic heterocycles. The molecule has 0 aliphatic heterocycles. The fraction of sp³-hybridized carbons (Fsp3) is 0.556. The normalized spacial score (nSPS) is 10.9. The Morgan fingerprint density at radius 1 is 1.54 bits per heavy atom. The number of aliphatic carboxylic acids is 1. The molecule has 0 saturated carbocycles. The smallest absolute Gasteiger partial charge is 0.315 e. The first-order chi connectivity index (χ1) is 6.09. The van der Waals surface area contributed by atoms with Crippen LogP contribution in [0.15, 0.2) is 0 Å². The lowest BCUT2D eigenvalue weighted by molar-refractivity contribution is -0.146. The molecule has 0 saturated heterocycles. The Morgan fingerprint density at radius 3 is 2.62 bits per heavy atom. The average molecular weight is 183 g/mol. The quantitative estimate of drug-likeness (QED) is 0.372. The summed E-state index contributed by atoms with van der Waals surface area (Å²) in [6, 6.07) is 0. The van der Waals surface area contributed by atoms with Crippen molar-refractivity contribution in [2.45, 2.75) is 20.3 Å². The summed E-state index contributed by atoms with van der Waals surface area (Å²) in [4.78, 5) is 21.3. The Hall–Kier alpha value is -1.50. The van der Waals surface area contributed by atoms with E-state index >= 15 is 0 Å². The predicted octanol–water partition coefficient (Wildman–Crippen LogP) is 0.237. The number of carboxylic acid groups (broad SMARTS) is 1. The van der Waals surface area contributed by atoms with Gasteiger partial charge in [-0.1, -0.05) is 0 Å². The van der Waals surface area contributed by atoms with Gasteiger partial charge in [0.05, 0.1) is 0 Å². The molecule has 0 rings (SSSR count). The van der Waals surface area contributed by atoms with Gasteiger partial charge in [-0.2, -0.15) is 0 Å². The van der Waals surface area contributed by atoms with Crippen LogP contribution in [0.1, 0.15) is 20.3 Å². The molecule has 2 N–H and O–H groups in total. The maximum absolute atomic E-state index is 11.0. The Labute approximate surface area is 77.3 Å². The molecular formula is C9H13NO3. The van der Waals surface area contributed by atoms with E-state index in [9.17, 15) is 9.59 Å². The summed E-state index contributed by atoms with van der Waals surface area (Å²) >= 11 is 0. The van der Waals surface area contributed by atoms with Crippen molar-refractivity contribution in [1.82, 2.24) is 5.32 Å². The van der Waals surface area contributed by atoms with Crippen molar-refractivity contribution < 1.29 is 14.7 Å². The van der Waals surface area contributed by atoms with Crippen LogP contribution in [0.5, 0.6) is 0 Å². The van der Waals surface area contributed by atoms with E-state index in [2.05, 4.69) is 17.2 Å². The van der Waals surface area contributed by atoms with Gasteiger partial charge >= 0.3 is 5.97 Å². The molecule has 4 heteroatoms. The number of nitrogens with one attached hydrogen (secondary N) is 1. The number of amides is 1. The highest BCUT2D eigenvalue weighted by molar-refractivity contribution is 5.96. The van der Waals surface area contributed by atoms with Crippen LogP contribution in [-0.4, -0.2) is 23.5 Å². The maximum atomic E-state index is 11.0. The van der Waals surface area contributed by atoms with Crippen LogP contribution in [0.4, 0.5) is 0 Å². The first-order valence-corrected chi connectivity index (χ1v) is 3.99. The second-order valence-corrected chi connectivity index (χ2v) is 2.53. The molecule has 13 heavy (non-hydrogen) atoms. The third-order valence-corrected chi connectivity index (χ3v) is 1.49. The molecule has 0 heterocycles. The van der Waals surface area contributed by atoms with Crippen LogP contribution < -0.4 is 5.32 Å². The predicted molar refractivity (Wildman–Crippen MR) is 47.9 cm³/mol. The van der Waals surface area contributed by atoms with E-state index < -0.39 is 17.8 Å². The third kappa shape index (κ3) is 4.86. The minimum atomic E-state index is -1.11. The van der Waals surface area contributed by atoms with Gasteiger partial charge in [0.25, 0.3) is 0 Å². The lowest BCUT2D eigenvalue weighted by atomic mass is 10.2. The van der Waals surface area contributed by atoms with E-state index in [0.717, 1.165) is 0 Å². The average Bonchev–Trinajstić information content (AvgIpc) is 2.10. The highest BCUT2D eigenvalue weighted by Crippen LogP contribution is 1.93. The highest BCUT2D eigenvalue weighted by Gasteiger charge is 2.19. The van der Waals surface area contributed by atoms with Crippen LogP contribution in [0.2, 0.25) is 0 Å². The van der Waals surface area contributed by atoms with Gasteiger partial charge in [0.2, 0.25) is 5.91 Å². The minimum absolute atomic E-state index is 0.400. The molecule has 0 aliphatic carbocycles. The Balaban J connectivity index is 3.72.